The second-order valence-electron chi connectivity index (χ2n) is 7.86. The highest BCUT2D eigenvalue weighted by Crippen LogP contribution is 2.32. The minimum atomic E-state index is -0.503. The topological polar surface area (TPSA) is 64.6 Å². The standard InChI is InChI=1S/C25H30FNO4/c1-2-23(28)19-6-12-22(13-7-19)31-16-4-3-5-24(29)27-25(14-17-30-18-15-25)20-8-10-21(26)11-9-20/h6-13H,2-5,14-18H2,1H3,(H,27,29). The van der Waals surface area contributed by atoms with Crippen LogP contribution >= 0.6 is 0 Å². The molecule has 1 aliphatic heterocycles. The third kappa shape index (κ3) is 6.37. The molecule has 3 rings (SSSR count). The van der Waals surface area contributed by atoms with Gasteiger partial charge in [-0.05, 0) is 67.6 Å². The maximum absolute atomic E-state index is 13.3. The first-order chi connectivity index (χ1) is 15.0. The van der Waals surface area contributed by atoms with Gasteiger partial charge >= 0.3 is 0 Å². The van der Waals surface area contributed by atoms with E-state index in [4.69, 9.17) is 9.47 Å². The van der Waals surface area contributed by atoms with Crippen molar-refractivity contribution in [3.8, 4) is 5.75 Å². The zero-order chi connectivity index (χ0) is 22.1. The summed E-state index contributed by atoms with van der Waals surface area (Å²) < 4.78 is 24.5. The summed E-state index contributed by atoms with van der Waals surface area (Å²) in [6.45, 7) is 3.47. The number of carbonyl (C=O) groups excluding carboxylic acids is 2. The number of rotatable bonds is 10. The number of carbonyl (C=O) groups is 2. The average Bonchev–Trinajstić information content (AvgIpc) is 2.79. The average molecular weight is 428 g/mol. The molecule has 0 aromatic heterocycles. The van der Waals surface area contributed by atoms with Crippen LogP contribution in [0.3, 0.4) is 0 Å². The van der Waals surface area contributed by atoms with Crippen LogP contribution in [0.15, 0.2) is 48.5 Å². The van der Waals surface area contributed by atoms with Crippen molar-refractivity contribution in [2.45, 2.75) is 51.0 Å². The summed E-state index contributed by atoms with van der Waals surface area (Å²) in [6.07, 6.45) is 3.67. The molecule has 1 amide bonds. The molecule has 166 valence electrons. The fourth-order valence-electron chi connectivity index (χ4n) is 3.82. The van der Waals surface area contributed by atoms with Gasteiger partial charge < -0.3 is 14.8 Å². The molecule has 1 N–H and O–H groups in total. The van der Waals surface area contributed by atoms with Crippen LogP contribution in [0, 0.1) is 5.82 Å². The van der Waals surface area contributed by atoms with E-state index in [9.17, 15) is 14.0 Å². The van der Waals surface area contributed by atoms with Crippen molar-refractivity contribution < 1.29 is 23.5 Å². The van der Waals surface area contributed by atoms with Crippen molar-refractivity contribution in [1.82, 2.24) is 5.32 Å². The Hall–Kier alpha value is -2.73. The number of Topliss-reactive ketones (excluding diaryl/α,β-unsaturated/α-hetero) is 1. The highest BCUT2D eigenvalue weighted by molar-refractivity contribution is 5.95. The van der Waals surface area contributed by atoms with Crippen molar-refractivity contribution >= 4 is 11.7 Å². The SMILES string of the molecule is CCC(=O)c1ccc(OCCCCC(=O)NC2(c3ccc(F)cc3)CCOCC2)cc1. The van der Waals surface area contributed by atoms with Gasteiger partial charge in [0.25, 0.3) is 0 Å². The van der Waals surface area contributed by atoms with Crippen molar-refractivity contribution in [3.05, 3.63) is 65.5 Å². The van der Waals surface area contributed by atoms with Crippen LogP contribution in [0.1, 0.15) is 61.4 Å². The Morgan fingerprint density at radius 3 is 2.35 bits per heavy atom. The van der Waals surface area contributed by atoms with Gasteiger partial charge in [-0.15, -0.1) is 0 Å². The number of halogens is 1. The lowest BCUT2D eigenvalue weighted by Gasteiger charge is -2.38. The number of ether oxygens (including phenoxy) is 2. The largest absolute Gasteiger partial charge is 0.494 e. The van der Waals surface area contributed by atoms with Gasteiger partial charge in [-0.25, -0.2) is 4.39 Å². The van der Waals surface area contributed by atoms with Gasteiger partial charge in [0.2, 0.25) is 5.91 Å². The molecule has 0 atom stereocenters. The van der Waals surface area contributed by atoms with E-state index in [1.54, 1.807) is 36.4 Å². The fraction of sp³-hybridized carbons (Fsp3) is 0.440. The van der Waals surface area contributed by atoms with Gasteiger partial charge in [0, 0.05) is 31.6 Å². The Labute approximate surface area is 182 Å². The van der Waals surface area contributed by atoms with E-state index in [1.807, 2.05) is 6.92 Å². The number of hydrogen-bond donors (Lipinski definition) is 1. The summed E-state index contributed by atoms with van der Waals surface area (Å²) in [7, 11) is 0. The molecule has 0 aliphatic carbocycles. The number of ketones is 1. The molecule has 0 unspecified atom stereocenters. The minimum absolute atomic E-state index is 0.0198. The molecule has 31 heavy (non-hydrogen) atoms. The zero-order valence-corrected chi connectivity index (χ0v) is 18.0. The van der Waals surface area contributed by atoms with E-state index >= 15 is 0 Å². The summed E-state index contributed by atoms with van der Waals surface area (Å²) in [5.41, 5.74) is 1.10. The molecular weight excluding hydrogens is 397 g/mol. The molecule has 1 fully saturated rings. The lowest BCUT2D eigenvalue weighted by Crippen LogP contribution is -2.49. The first-order valence-electron chi connectivity index (χ1n) is 10.9. The summed E-state index contributed by atoms with van der Waals surface area (Å²) in [5, 5.41) is 3.18. The van der Waals surface area contributed by atoms with Gasteiger partial charge in [0.05, 0.1) is 12.1 Å². The number of hydrogen-bond acceptors (Lipinski definition) is 4. The van der Waals surface area contributed by atoms with Crippen molar-refractivity contribution in [2.75, 3.05) is 19.8 Å². The molecule has 6 heteroatoms. The summed E-state index contributed by atoms with van der Waals surface area (Å²) in [4.78, 5) is 24.3. The Balaban J connectivity index is 1.44. The molecule has 0 spiro atoms. The predicted molar refractivity (Wildman–Crippen MR) is 117 cm³/mol. The summed E-state index contributed by atoms with van der Waals surface area (Å²) in [5.74, 6) is 0.521. The molecule has 1 heterocycles. The smallest absolute Gasteiger partial charge is 0.220 e. The van der Waals surface area contributed by atoms with Gasteiger partial charge in [-0.1, -0.05) is 19.1 Å². The predicted octanol–water partition coefficient (Wildman–Crippen LogP) is 4.79. The number of unbranched alkanes of at least 4 members (excludes halogenated alkanes) is 1. The van der Waals surface area contributed by atoms with E-state index in [0.717, 1.165) is 17.7 Å². The van der Waals surface area contributed by atoms with Crippen LogP contribution in [-0.2, 0) is 15.1 Å². The van der Waals surface area contributed by atoms with E-state index in [-0.39, 0.29) is 17.5 Å². The van der Waals surface area contributed by atoms with Gasteiger partial charge in [0.1, 0.15) is 11.6 Å². The number of benzene rings is 2. The van der Waals surface area contributed by atoms with Crippen molar-refractivity contribution in [1.29, 1.82) is 0 Å². The lowest BCUT2D eigenvalue weighted by molar-refractivity contribution is -0.124. The monoisotopic (exact) mass is 427 g/mol. The van der Waals surface area contributed by atoms with E-state index < -0.39 is 5.54 Å². The first-order valence-corrected chi connectivity index (χ1v) is 10.9. The van der Waals surface area contributed by atoms with Crippen LogP contribution in [0.25, 0.3) is 0 Å². The van der Waals surface area contributed by atoms with E-state index in [2.05, 4.69) is 5.32 Å². The maximum atomic E-state index is 13.3. The second kappa shape index (κ2) is 11.0. The molecule has 0 radical (unpaired) electrons. The Kier molecular flexibility index (Phi) is 8.18. The van der Waals surface area contributed by atoms with Gasteiger partial charge in [-0.3, -0.25) is 9.59 Å². The molecular formula is C25H30FNO4. The summed E-state index contributed by atoms with van der Waals surface area (Å²) >= 11 is 0. The molecule has 1 aliphatic rings. The van der Waals surface area contributed by atoms with Crippen LogP contribution in [0.5, 0.6) is 5.75 Å². The molecule has 0 saturated carbocycles. The second-order valence-corrected chi connectivity index (χ2v) is 7.86. The van der Waals surface area contributed by atoms with Crippen LogP contribution in [0.4, 0.5) is 4.39 Å². The van der Waals surface area contributed by atoms with E-state index in [0.29, 0.717) is 57.5 Å². The summed E-state index contributed by atoms with van der Waals surface area (Å²) in [6, 6.07) is 13.5. The third-order valence-electron chi connectivity index (χ3n) is 5.69. The normalized spacial score (nSPS) is 15.3. The van der Waals surface area contributed by atoms with Crippen LogP contribution < -0.4 is 10.1 Å². The van der Waals surface area contributed by atoms with Crippen molar-refractivity contribution in [2.24, 2.45) is 0 Å². The highest BCUT2D eigenvalue weighted by atomic mass is 19.1. The van der Waals surface area contributed by atoms with E-state index in [1.165, 1.54) is 12.1 Å². The Morgan fingerprint density at radius 2 is 1.71 bits per heavy atom. The van der Waals surface area contributed by atoms with Gasteiger partial charge in [-0.2, -0.15) is 0 Å². The number of nitrogens with one attached hydrogen (secondary N) is 1. The molecule has 1 saturated heterocycles. The lowest BCUT2D eigenvalue weighted by atomic mass is 9.82. The quantitative estimate of drug-likeness (QED) is 0.437. The molecule has 2 aromatic rings. The third-order valence-corrected chi connectivity index (χ3v) is 5.69. The van der Waals surface area contributed by atoms with Crippen molar-refractivity contribution in [3.63, 3.8) is 0 Å². The van der Waals surface area contributed by atoms with Crippen LogP contribution in [-0.4, -0.2) is 31.5 Å². The Bertz CT molecular complexity index is 858. The van der Waals surface area contributed by atoms with Gasteiger partial charge in [0.15, 0.2) is 5.78 Å². The number of amides is 1. The molecule has 5 nitrogen and oxygen atoms in total. The minimum Gasteiger partial charge on any atom is -0.494 e. The Morgan fingerprint density at radius 1 is 1.03 bits per heavy atom. The fourth-order valence-corrected chi connectivity index (χ4v) is 3.82. The molecule has 2 aromatic carbocycles. The van der Waals surface area contributed by atoms with Crippen LogP contribution in [0.2, 0.25) is 0 Å². The highest BCUT2D eigenvalue weighted by Gasteiger charge is 2.35. The maximum Gasteiger partial charge on any atom is 0.220 e. The zero-order valence-electron chi connectivity index (χ0n) is 18.0. The first kappa shape index (κ1) is 22.9. The molecule has 0 bridgehead atoms.